The summed E-state index contributed by atoms with van der Waals surface area (Å²) in [5.74, 6) is -2.93. The van der Waals surface area contributed by atoms with Crippen LogP contribution in [0.1, 0.15) is 6.92 Å². The van der Waals surface area contributed by atoms with Gasteiger partial charge in [0.05, 0.1) is 0 Å². The summed E-state index contributed by atoms with van der Waals surface area (Å²) in [6.45, 7) is 2.21. The molecule has 0 aliphatic heterocycles. The Kier molecular flexibility index (Phi) is 4.08. The van der Waals surface area contributed by atoms with Crippen molar-refractivity contribution in [1.29, 1.82) is 0 Å². The molecular formula is C20H20ClP. The molecule has 112 valence electrons. The van der Waals surface area contributed by atoms with E-state index < -0.39 is 5.96 Å². The van der Waals surface area contributed by atoms with E-state index in [1.54, 1.807) is 0 Å². The van der Waals surface area contributed by atoms with E-state index >= 15 is 0 Å². The van der Waals surface area contributed by atoms with E-state index in [9.17, 15) is 0 Å². The van der Waals surface area contributed by atoms with Crippen LogP contribution < -0.4 is 15.9 Å². The second kappa shape index (κ2) is 5.88. The SMILES string of the molecule is CCP(Cl)(c1ccccc1)(c1ccccc1)c1ccccc1. The maximum absolute atomic E-state index is 7.69. The minimum atomic E-state index is -2.93. The number of benzene rings is 3. The molecule has 0 radical (unpaired) electrons. The summed E-state index contributed by atoms with van der Waals surface area (Å²) in [6.07, 6.45) is 0.894. The molecule has 0 saturated heterocycles. The number of halogens is 1. The molecule has 0 aliphatic carbocycles. The van der Waals surface area contributed by atoms with E-state index in [1.807, 2.05) is 18.2 Å². The van der Waals surface area contributed by atoms with E-state index in [-0.39, 0.29) is 0 Å². The molecular weight excluding hydrogens is 307 g/mol. The molecule has 0 bridgehead atoms. The van der Waals surface area contributed by atoms with Gasteiger partial charge in [-0.15, -0.1) is 0 Å². The van der Waals surface area contributed by atoms with Gasteiger partial charge in [-0.3, -0.25) is 0 Å². The van der Waals surface area contributed by atoms with Gasteiger partial charge < -0.3 is 0 Å². The number of hydrogen-bond donors (Lipinski definition) is 0. The summed E-state index contributed by atoms with van der Waals surface area (Å²) in [4.78, 5) is 0. The molecule has 0 fully saturated rings. The van der Waals surface area contributed by atoms with Gasteiger partial charge in [-0.05, 0) is 0 Å². The van der Waals surface area contributed by atoms with Crippen molar-refractivity contribution < 1.29 is 0 Å². The monoisotopic (exact) mass is 326 g/mol. The van der Waals surface area contributed by atoms with Crippen LogP contribution in [0.3, 0.4) is 0 Å². The first kappa shape index (κ1) is 15.3. The molecule has 0 aromatic heterocycles. The predicted octanol–water partition coefficient (Wildman–Crippen LogP) is 4.69. The third kappa shape index (κ3) is 2.19. The van der Waals surface area contributed by atoms with Crippen molar-refractivity contribution >= 4 is 33.1 Å². The number of rotatable bonds is 4. The van der Waals surface area contributed by atoms with Crippen molar-refractivity contribution in [3.05, 3.63) is 91.0 Å². The zero-order chi connectivity index (χ0) is 15.5. The molecule has 3 aromatic carbocycles. The second-order valence-electron chi connectivity index (χ2n) is 5.51. The van der Waals surface area contributed by atoms with Gasteiger partial charge in [0, 0.05) is 0 Å². The predicted molar refractivity (Wildman–Crippen MR) is 102 cm³/mol. The standard InChI is InChI=1S/C20H20ClP/c1-2-22(21,18-12-6-3-7-13-18,19-14-8-4-9-15-19)20-16-10-5-11-17-20/h3-17H,2H2,1H3. The van der Waals surface area contributed by atoms with Gasteiger partial charge in [-0.1, -0.05) is 0 Å². The molecule has 0 spiro atoms. The average Bonchev–Trinajstić information content (AvgIpc) is 2.63. The molecule has 22 heavy (non-hydrogen) atoms. The van der Waals surface area contributed by atoms with Gasteiger partial charge in [0.1, 0.15) is 0 Å². The first-order valence-corrected chi connectivity index (χ1v) is 10.9. The van der Waals surface area contributed by atoms with Gasteiger partial charge in [0.15, 0.2) is 0 Å². The Morgan fingerprint density at radius 2 is 0.864 bits per heavy atom. The third-order valence-corrected chi connectivity index (χ3v) is 12.3. The van der Waals surface area contributed by atoms with Crippen molar-refractivity contribution in [1.82, 2.24) is 0 Å². The van der Waals surface area contributed by atoms with Crippen LogP contribution >= 0.6 is 17.2 Å². The molecule has 3 aromatic rings. The van der Waals surface area contributed by atoms with Gasteiger partial charge in [-0.25, -0.2) is 0 Å². The van der Waals surface area contributed by atoms with Crippen molar-refractivity contribution in [2.45, 2.75) is 6.92 Å². The molecule has 0 N–H and O–H groups in total. The normalized spacial score (nSPS) is 13.3. The molecule has 0 atom stereocenters. The Balaban J connectivity index is 2.41. The fourth-order valence-corrected chi connectivity index (χ4v) is 8.60. The van der Waals surface area contributed by atoms with Crippen molar-refractivity contribution in [3.8, 4) is 0 Å². The van der Waals surface area contributed by atoms with E-state index in [2.05, 4.69) is 79.7 Å². The van der Waals surface area contributed by atoms with Crippen LogP contribution in [0.15, 0.2) is 91.0 Å². The molecule has 2 heteroatoms. The number of hydrogen-bond acceptors (Lipinski definition) is 0. The van der Waals surface area contributed by atoms with Crippen molar-refractivity contribution in [3.63, 3.8) is 0 Å². The van der Waals surface area contributed by atoms with Crippen LogP contribution in [0.5, 0.6) is 0 Å². The summed E-state index contributed by atoms with van der Waals surface area (Å²) in [5.41, 5.74) is 0. The molecule has 3 rings (SSSR count). The van der Waals surface area contributed by atoms with Crippen LogP contribution in [-0.4, -0.2) is 6.16 Å². The van der Waals surface area contributed by atoms with Crippen molar-refractivity contribution in [2.75, 3.05) is 6.16 Å². The van der Waals surface area contributed by atoms with Gasteiger partial charge in [0.2, 0.25) is 0 Å². The Bertz CT molecular complexity index is 639. The summed E-state index contributed by atoms with van der Waals surface area (Å²) in [5, 5.41) is 3.69. The molecule has 0 heterocycles. The Hall–Kier alpha value is -1.62. The fourth-order valence-electron chi connectivity index (χ4n) is 3.21. The van der Waals surface area contributed by atoms with Crippen LogP contribution in [0.2, 0.25) is 0 Å². The quantitative estimate of drug-likeness (QED) is 0.610. The fraction of sp³-hybridized carbons (Fsp3) is 0.100. The van der Waals surface area contributed by atoms with E-state index in [0.29, 0.717) is 0 Å². The van der Waals surface area contributed by atoms with Crippen molar-refractivity contribution in [2.24, 2.45) is 0 Å². The van der Waals surface area contributed by atoms with Crippen LogP contribution in [0.4, 0.5) is 0 Å². The molecule has 0 amide bonds. The first-order valence-electron chi connectivity index (χ1n) is 7.60. The summed E-state index contributed by atoms with van der Waals surface area (Å²) >= 11 is 7.69. The van der Waals surface area contributed by atoms with Crippen LogP contribution in [0, 0.1) is 0 Å². The maximum atomic E-state index is 7.69. The van der Waals surface area contributed by atoms with Gasteiger partial charge in [-0.2, -0.15) is 0 Å². The van der Waals surface area contributed by atoms with Crippen LogP contribution in [-0.2, 0) is 0 Å². The Morgan fingerprint density at radius 3 is 1.09 bits per heavy atom. The topological polar surface area (TPSA) is 0 Å². The Morgan fingerprint density at radius 1 is 0.591 bits per heavy atom. The van der Waals surface area contributed by atoms with Crippen LogP contribution in [0.25, 0.3) is 0 Å². The summed E-state index contributed by atoms with van der Waals surface area (Å²) in [7, 11) is 0. The van der Waals surface area contributed by atoms with E-state index in [4.69, 9.17) is 11.2 Å². The molecule has 0 unspecified atom stereocenters. The van der Waals surface area contributed by atoms with Gasteiger partial charge >= 0.3 is 137 Å². The third-order valence-electron chi connectivity index (χ3n) is 4.48. The van der Waals surface area contributed by atoms with E-state index in [1.165, 1.54) is 15.9 Å². The van der Waals surface area contributed by atoms with E-state index in [0.717, 1.165) is 6.16 Å². The summed E-state index contributed by atoms with van der Waals surface area (Å²) < 4.78 is 0. The molecule has 0 saturated carbocycles. The molecule has 0 aliphatic rings. The minimum absolute atomic E-state index is 0.894. The second-order valence-corrected chi connectivity index (χ2v) is 12.3. The zero-order valence-corrected chi connectivity index (χ0v) is 14.3. The molecule has 0 nitrogen and oxygen atoms in total. The first-order chi connectivity index (χ1) is 10.7. The Labute approximate surface area is 137 Å². The van der Waals surface area contributed by atoms with Gasteiger partial charge in [0.25, 0.3) is 0 Å². The average molecular weight is 327 g/mol. The zero-order valence-electron chi connectivity index (χ0n) is 12.7. The summed E-state index contributed by atoms with van der Waals surface area (Å²) in [6, 6.07) is 31.7.